The zero-order valence-corrected chi connectivity index (χ0v) is 6.71. The Kier molecular flexibility index (Phi) is 1.32. The first-order chi connectivity index (χ1) is 5.29. The van der Waals surface area contributed by atoms with Gasteiger partial charge in [0.15, 0.2) is 5.65 Å². The summed E-state index contributed by atoms with van der Waals surface area (Å²) >= 11 is 5.87. The predicted octanol–water partition coefficient (Wildman–Crippen LogP) is 1.69. The summed E-state index contributed by atoms with van der Waals surface area (Å²) in [5.41, 5.74) is 1.79. The van der Waals surface area contributed by atoms with Crippen molar-refractivity contribution in [1.82, 2.24) is 14.6 Å². The average molecular weight is 168 g/mol. The van der Waals surface area contributed by atoms with Crippen LogP contribution in [0, 0.1) is 6.92 Å². The van der Waals surface area contributed by atoms with Crippen molar-refractivity contribution in [1.29, 1.82) is 0 Å². The summed E-state index contributed by atoms with van der Waals surface area (Å²) in [6.45, 7) is 1.93. The van der Waals surface area contributed by atoms with Gasteiger partial charge in [0.1, 0.15) is 6.33 Å². The minimum atomic E-state index is 0.734. The normalized spacial score (nSPS) is 10.7. The van der Waals surface area contributed by atoms with E-state index >= 15 is 0 Å². The maximum absolute atomic E-state index is 5.87. The van der Waals surface area contributed by atoms with Crippen LogP contribution in [0.4, 0.5) is 0 Å². The number of hydrogen-bond acceptors (Lipinski definition) is 2. The van der Waals surface area contributed by atoms with Crippen LogP contribution in [0.5, 0.6) is 0 Å². The number of halogens is 1. The lowest BCUT2D eigenvalue weighted by Gasteiger charge is -1.98. The molecule has 0 bridgehead atoms. The highest BCUT2D eigenvalue weighted by molar-refractivity contribution is 6.31. The van der Waals surface area contributed by atoms with E-state index in [2.05, 4.69) is 10.2 Å². The first-order valence-electron chi connectivity index (χ1n) is 3.24. The van der Waals surface area contributed by atoms with Crippen LogP contribution in [0.3, 0.4) is 0 Å². The number of fused-ring (bicyclic) bond motifs is 1. The molecule has 2 aromatic rings. The molecule has 0 amide bonds. The van der Waals surface area contributed by atoms with Crippen LogP contribution in [-0.2, 0) is 0 Å². The summed E-state index contributed by atoms with van der Waals surface area (Å²) in [5.74, 6) is 0. The van der Waals surface area contributed by atoms with E-state index in [1.54, 1.807) is 6.33 Å². The molecule has 11 heavy (non-hydrogen) atoms. The van der Waals surface area contributed by atoms with Gasteiger partial charge in [0, 0.05) is 5.69 Å². The average Bonchev–Trinajstić information content (AvgIpc) is 2.45. The molecule has 2 heterocycles. The minimum absolute atomic E-state index is 0.734. The predicted molar refractivity (Wildman–Crippen MR) is 42.7 cm³/mol. The molecule has 0 aliphatic heterocycles. The third-order valence-electron chi connectivity index (χ3n) is 1.66. The number of rotatable bonds is 0. The quantitative estimate of drug-likeness (QED) is 0.598. The molecular formula is C7H6ClN3. The molecule has 4 heteroatoms. The molecule has 0 aliphatic carbocycles. The molecule has 0 saturated heterocycles. The van der Waals surface area contributed by atoms with Crippen LogP contribution in [0.25, 0.3) is 5.65 Å². The van der Waals surface area contributed by atoms with E-state index in [1.807, 2.05) is 23.5 Å². The summed E-state index contributed by atoms with van der Waals surface area (Å²) in [5, 5.41) is 8.37. The highest BCUT2D eigenvalue weighted by atomic mass is 35.5. The highest BCUT2D eigenvalue weighted by Crippen LogP contribution is 2.15. The number of pyridine rings is 1. The van der Waals surface area contributed by atoms with Crippen molar-refractivity contribution in [3.05, 3.63) is 29.2 Å². The first-order valence-corrected chi connectivity index (χ1v) is 3.61. The van der Waals surface area contributed by atoms with Gasteiger partial charge in [0.05, 0.1) is 5.02 Å². The molecule has 3 nitrogen and oxygen atoms in total. The van der Waals surface area contributed by atoms with E-state index in [-0.39, 0.29) is 0 Å². The van der Waals surface area contributed by atoms with Crippen molar-refractivity contribution in [3.63, 3.8) is 0 Å². The molecule has 0 atom stereocenters. The first kappa shape index (κ1) is 6.61. The Morgan fingerprint density at radius 2 is 2.27 bits per heavy atom. The molecule has 2 aromatic heterocycles. The smallest absolute Gasteiger partial charge is 0.160 e. The maximum Gasteiger partial charge on any atom is 0.160 e. The lowest BCUT2D eigenvalue weighted by atomic mass is 10.4. The molecule has 0 unspecified atom stereocenters. The summed E-state index contributed by atoms with van der Waals surface area (Å²) in [6.07, 6.45) is 1.65. The molecule has 0 radical (unpaired) electrons. The molecule has 2 rings (SSSR count). The van der Waals surface area contributed by atoms with Gasteiger partial charge in [-0.3, -0.25) is 4.40 Å². The van der Waals surface area contributed by atoms with Crippen LogP contribution in [0.15, 0.2) is 18.5 Å². The summed E-state index contributed by atoms with van der Waals surface area (Å²) in [4.78, 5) is 0. The van der Waals surface area contributed by atoms with Crippen molar-refractivity contribution in [2.75, 3.05) is 0 Å². The molecule has 56 valence electrons. The molecule has 0 spiro atoms. The summed E-state index contributed by atoms with van der Waals surface area (Å²) in [6, 6.07) is 3.66. The lowest BCUT2D eigenvalue weighted by molar-refractivity contribution is 1.07. The number of nitrogens with zero attached hydrogens (tertiary/aromatic N) is 3. The van der Waals surface area contributed by atoms with Crippen molar-refractivity contribution in [2.45, 2.75) is 6.92 Å². The van der Waals surface area contributed by atoms with Crippen molar-refractivity contribution < 1.29 is 0 Å². The fraction of sp³-hybridized carbons (Fsp3) is 0.143. The number of hydrogen-bond donors (Lipinski definition) is 0. The zero-order valence-electron chi connectivity index (χ0n) is 5.95. The second-order valence-electron chi connectivity index (χ2n) is 2.33. The Balaban J connectivity index is 2.93. The Morgan fingerprint density at radius 1 is 1.45 bits per heavy atom. The van der Waals surface area contributed by atoms with Gasteiger partial charge in [-0.25, -0.2) is 0 Å². The maximum atomic E-state index is 5.87. The van der Waals surface area contributed by atoms with Crippen LogP contribution >= 0.6 is 11.6 Å². The molecular weight excluding hydrogens is 162 g/mol. The highest BCUT2D eigenvalue weighted by Gasteiger charge is 2.00. The fourth-order valence-corrected chi connectivity index (χ4v) is 1.15. The van der Waals surface area contributed by atoms with Crippen LogP contribution in [0.1, 0.15) is 5.69 Å². The summed E-state index contributed by atoms with van der Waals surface area (Å²) < 4.78 is 1.85. The second kappa shape index (κ2) is 2.20. The third-order valence-corrected chi connectivity index (χ3v) is 2.06. The van der Waals surface area contributed by atoms with E-state index in [9.17, 15) is 0 Å². The molecule has 0 N–H and O–H groups in total. The van der Waals surface area contributed by atoms with Gasteiger partial charge < -0.3 is 0 Å². The molecule has 0 aromatic carbocycles. The number of aromatic nitrogens is 3. The van der Waals surface area contributed by atoms with Gasteiger partial charge in [0.2, 0.25) is 0 Å². The number of aryl methyl sites for hydroxylation is 1. The van der Waals surface area contributed by atoms with Gasteiger partial charge >= 0.3 is 0 Å². The van der Waals surface area contributed by atoms with Crippen LogP contribution in [-0.4, -0.2) is 14.6 Å². The van der Waals surface area contributed by atoms with E-state index in [0.29, 0.717) is 0 Å². The zero-order chi connectivity index (χ0) is 7.84. The van der Waals surface area contributed by atoms with Gasteiger partial charge in [-0.05, 0) is 19.1 Å². The SMILES string of the molecule is Cc1c(Cl)ccc2nncn12. The lowest BCUT2D eigenvalue weighted by Crippen LogP contribution is -1.89. The van der Waals surface area contributed by atoms with Crippen LogP contribution < -0.4 is 0 Å². The topological polar surface area (TPSA) is 30.2 Å². The van der Waals surface area contributed by atoms with Gasteiger partial charge in [0.25, 0.3) is 0 Å². The van der Waals surface area contributed by atoms with Crippen molar-refractivity contribution in [2.24, 2.45) is 0 Å². The Labute approximate surface area is 68.6 Å². The monoisotopic (exact) mass is 167 g/mol. The van der Waals surface area contributed by atoms with Crippen molar-refractivity contribution in [3.8, 4) is 0 Å². The molecule has 0 aliphatic rings. The van der Waals surface area contributed by atoms with E-state index in [0.717, 1.165) is 16.4 Å². The van der Waals surface area contributed by atoms with Gasteiger partial charge in [-0.1, -0.05) is 11.6 Å². The van der Waals surface area contributed by atoms with Gasteiger partial charge in [-0.15, -0.1) is 10.2 Å². The van der Waals surface area contributed by atoms with E-state index in [4.69, 9.17) is 11.6 Å². The Morgan fingerprint density at radius 3 is 3.09 bits per heavy atom. The van der Waals surface area contributed by atoms with Gasteiger partial charge in [-0.2, -0.15) is 0 Å². The van der Waals surface area contributed by atoms with E-state index in [1.165, 1.54) is 0 Å². The third kappa shape index (κ3) is 0.886. The largest absolute Gasteiger partial charge is 0.285 e. The van der Waals surface area contributed by atoms with Crippen molar-refractivity contribution >= 4 is 17.2 Å². The minimum Gasteiger partial charge on any atom is -0.285 e. The van der Waals surface area contributed by atoms with Crippen LogP contribution in [0.2, 0.25) is 5.02 Å². The molecule has 0 fully saturated rings. The standard InChI is InChI=1S/C7H6ClN3/c1-5-6(8)2-3-7-10-9-4-11(5)7/h2-4H,1H3. The fourth-order valence-electron chi connectivity index (χ4n) is 0.999. The Bertz CT molecular complexity index is 393. The van der Waals surface area contributed by atoms with E-state index < -0.39 is 0 Å². The Hall–Kier alpha value is -1.09. The second-order valence-corrected chi connectivity index (χ2v) is 2.73. The summed E-state index contributed by atoms with van der Waals surface area (Å²) in [7, 11) is 0. The molecule has 0 saturated carbocycles.